The van der Waals surface area contributed by atoms with Crippen molar-refractivity contribution in [2.75, 3.05) is 14.2 Å². The Morgan fingerprint density at radius 2 is 1.41 bits per heavy atom. The van der Waals surface area contributed by atoms with Crippen LogP contribution in [0.3, 0.4) is 0 Å². The van der Waals surface area contributed by atoms with Gasteiger partial charge in [-0.15, -0.1) is 0 Å². The van der Waals surface area contributed by atoms with Crippen LogP contribution in [-0.4, -0.2) is 19.7 Å². The van der Waals surface area contributed by atoms with Gasteiger partial charge in [-0.25, -0.2) is 0 Å². The summed E-state index contributed by atoms with van der Waals surface area (Å²) in [4.78, 5) is 11.5. The van der Waals surface area contributed by atoms with Gasteiger partial charge in [0.05, 0.1) is 0 Å². The van der Waals surface area contributed by atoms with Gasteiger partial charge in [0.15, 0.2) is 0 Å². The Hall–Kier alpha value is -0.180. The smallest absolute Gasteiger partial charge is 0.307 e. The van der Waals surface area contributed by atoms with Crippen LogP contribution in [0.15, 0.2) is 0 Å². The van der Waals surface area contributed by atoms with Gasteiger partial charge in [0.1, 0.15) is 0 Å². The van der Waals surface area contributed by atoms with E-state index in [4.69, 9.17) is 0 Å². The summed E-state index contributed by atoms with van der Waals surface area (Å²) in [6, 6.07) is 0. The molecule has 0 saturated heterocycles. The largest absolute Gasteiger partial charge is 0.396 e. The zero-order chi connectivity index (χ0) is 13.1. The first-order valence-electron chi connectivity index (χ1n) is 6.35. The average molecular weight is 264 g/mol. The number of hydrogen-bond acceptors (Lipinski definition) is 4. The highest BCUT2D eigenvalue weighted by Gasteiger charge is 2.30. The van der Waals surface area contributed by atoms with Gasteiger partial charge in [0, 0.05) is 20.6 Å². The van der Waals surface area contributed by atoms with E-state index in [1.165, 1.54) is 39.9 Å². The fourth-order valence-electron chi connectivity index (χ4n) is 1.65. The van der Waals surface area contributed by atoms with Gasteiger partial charge in [0.2, 0.25) is 5.52 Å². The lowest BCUT2D eigenvalue weighted by Crippen LogP contribution is -2.03. The van der Waals surface area contributed by atoms with E-state index >= 15 is 0 Å². The second-order valence-corrected chi connectivity index (χ2v) is 6.35. The number of unbranched alkanes of at least 4 members (excludes halogenated alkanes) is 6. The van der Waals surface area contributed by atoms with Gasteiger partial charge >= 0.3 is 7.60 Å². The third-order valence-corrected chi connectivity index (χ3v) is 4.58. The standard InChI is InChI=1S/C12H25O4P/c1-4-5-6-7-8-9-10-11-12(13)17(14,15-2)16-3/h4-11H2,1-3H3. The fraction of sp³-hybridized carbons (Fsp3) is 0.917. The third kappa shape index (κ3) is 6.97. The Morgan fingerprint density at radius 3 is 1.88 bits per heavy atom. The minimum atomic E-state index is -3.48. The van der Waals surface area contributed by atoms with Gasteiger partial charge < -0.3 is 9.05 Å². The predicted molar refractivity (Wildman–Crippen MR) is 69.2 cm³/mol. The molecule has 0 aliphatic heterocycles. The molecule has 0 aliphatic rings. The van der Waals surface area contributed by atoms with Crippen LogP contribution in [0.2, 0.25) is 0 Å². The van der Waals surface area contributed by atoms with Gasteiger partial charge in [-0.3, -0.25) is 9.36 Å². The van der Waals surface area contributed by atoms with Crippen molar-refractivity contribution in [3.8, 4) is 0 Å². The second kappa shape index (κ2) is 9.81. The van der Waals surface area contributed by atoms with Gasteiger partial charge in [-0.05, 0) is 6.42 Å². The lowest BCUT2D eigenvalue weighted by atomic mass is 10.1. The molecular formula is C12H25O4P. The highest BCUT2D eigenvalue weighted by atomic mass is 31.2. The van der Waals surface area contributed by atoms with Crippen molar-refractivity contribution in [2.24, 2.45) is 0 Å². The van der Waals surface area contributed by atoms with E-state index in [0.717, 1.165) is 19.3 Å². The van der Waals surface area contributed by atoms with Gasteiger partial charge in [-0.2, -0.15) is 0 Å². The van der Waals surface area contributed by atoms with E-state index in [1.807, 2.05) is 0 Å². The molecule has 0 amide bonds. The summed E-state index contributed by atoms with van der Waals surface area (Å²) in [5, 5.41) is 0. The van der Waals surface area contributed by atoms with E-state index in [9.17, 15) is 9.36 Å². The highest BCUT2D eigenvalue weighted by Crippen LogP contribution is 2.48. The molecule has 0 spiro atoms. The topological polar surface area (TPSA) is 52.6 Å². The lowest BCUT2D eigenvalue weighted by molar-refractivity contribution is -0.113. The summed E-state index contributed by atoms with van der Waals surface area (Å²) >= 11 is 0. The van der Waals surface area contributed by atoms with Crippen molar-refractivity contribution < 1.29 is 18.4 Å². The molecule has 0 aromatic carbocycles. The SMILES string of the molecule is CCCCCCCCCC(=O)P(=O)(OC)OC. The molecule has 0 unspecified atom stereocenters. The molecule has 0 atom stereocenters. The number of hydrogen-bond donors (Lipinski definition) is 0. The van der Waals surface area contributed by atoms with Crippen molar-refractivity contribution in [3.63, 3.8) is 0 Å². The Labute approximate surface area is 105 Å². The predicted octanol–water partition coefficient (Wildman–Crippen LogP) is 4.14. The van der Waals surface area contributed by atoms with Crippen LogP contribution in [0.25, 0.3) is 0 Å². The molecule has 0 aromatic heterocycles. The molecule has 5 heteroatoms. The van der Waals surface area contributed by atoms with Crippen LogP contribution in [-0.2, 0) is 18.4 Å². The number of rotatable bonds is 11. The molecular weight excluding hydrogens is 239 g/mol. The Kier molecular flexibility index (Phi) is 9.71. The Morgan fingerprint density at radius 1 is 0.941 bits per heavy atom. The molecule has 0 fully saturated rings. The fourth-order valence-corrected chi connectivity index (χ4v) is 2.64. The maximum absolute atomic E-state index is 11.7. The summed E-state index contributed by atoms with van der Waals surface area (Å²) in [7, 11) is -0.991. The molecule has 0 bridgehead atoms. The number of carbonyl (C=O) groups excluding carboxylic acids is 1. The van der Waals surface area contributed by atoms with Gasteiger partial charge in [-0.1, -0.05) is 45.4 Å². The van der Waals surface area contributed by atoms with Crippen molar-refractivity contribution in [1.82, 2.24) is 0 Å². The van der Waals surface area contributed by atoms with Crippen molar-refractivity contribution >= 4 is 13.1 Å². The van der Waals surface area contributed by atoms with Crippen molar-refractivity contribution in [3.05, 3.63) is 0 Å². The van der Waals surface area contributed by atoms with Crippen LogP contribution in [0.5, 0.6) is 0 Å². The van der Waals surface area contributed by atoms with E-state index in [-0.39, 0.29) is 6.42 Å². The minimum Gasteiger partial charge on any atom is -0.307 e. The van der Waals surface area contributed by atoms with Crippen LogP contribution in [0.4, 0.5) is 0 Å². The maximum atomic E-state index is 11.7. The lowest BCUT2D eigenvalue weighted by Gasteiger charge is -2.11. The molecule has 4 nitrogen and oxygen atoms in total. The molecule has 0 rings (SSSR count). The molecule has 102 valence electrons. The first-order chi connectivity index (χ1) is 8.10. The summed E-state index contributed by atoms with van der Waals surface area (Å²) in [5.74, 6) is 0. The Bertz CT molecular complexity index is 245. The first-order valence-corrected chi connectivity index (χ1v) is 7.90. The van der Waals surface area contributed by atoms with Gasteiger partial charge in [0.25, 0.3) is 0 Å². The van der Waals surface area contributed by atoms with E-state index in [0.29, 0.717) is 0 Å². The molecule has 0 aliphatic carbocycles. The van der Waals surface area contributed by atoms with Crippen LogP contribution >= 0.6 is 7.60 Å². The van der Waals surface area contributed by atoms with Crippen LogP contribution in [0.1, 0.15) is 58.3 Å². The minimum absolute atomic E-state index is 0.284. The number of carbonyl (C=O) groups is 1. The quantitative estimate of drug-likeness (QED) is 0.415. The third-order valence-electron chi connectivity index (χ3n) is 2.78. The average Bonchev–Trinajstić information content (AvgIpc) is 2.36. The van der Waals surface area contributed by atoms with Crippen LogP contribution < -0.4 is 0 Å². The summed E-state index contributed by atoms with van der Waals surface area (Å²) in [5.41, 5.74) is -0.406. The van der Waals surface area contributed by atoms with E-state index in [1.54, 1.807) is 0 Å². The monoisotopic (exact) mass is 264 g/mol. The first kappa shape index (κ1) is 16.8. The highest BCUT2D eigenvalue weighted by molar-refractivity contribution is 7.71. The zero-order valence-electron chi connectivity index (χ0n) is 11.2. The summed E-state index contributed by atoms with van der Waals surface area (Å²) in [6.45, 7) is 2.19. The van der Waals surface area contributed by atoms with Crippen molar-refractivity contribution in [2.45, 2.75) is 58.3 Å². The summed E-state index contributed by atoms with van der Waals surface area (Å²) in [6.07, 6.45) is 8.19. The molecule has 0 radical (unpaired) electrons. The molecule has 17 heavy (non-hydrogen) atoms. The van der Waals surface area contributed by atoms with Crippen LogP contribution in [0, 0.1) is 0 Å². The molecule has 0 N–H and O–H groups in total. The Balaban J connectivity index is 3.61. The molecule has 0 saturated carbocycles. The molecule has 0 heterocycles. The normalized spacial score (nSPS) is 11.7. The molecule has 0 aromatic rings. The zero-order valence-corrected chi connectivity index (χ0v) is 12.1. The van der Waals surface area contributed by atoms with E-state index in [2.05, 4.69) is 16.0 Å². The maximum Gasteiger partial charge on any atom is 0.396 e. The van der Waals surface area contributed by atoms with Crippen molar-refractivity contribution in [1.29, 1.82) is 0 Å². The second-order valence-electron chi connectivity index (χ2n) is 4.13. The summed E-state index contributed by atoms with van der Waals surface area (Å²) < 4.78 is 20.9. The van der Waals surface area contributed by atoms with E-state index < -0.39 is 13.1 Å².